The van der Waals surface area contributed by atoms with Crippen LogP contribution in [0.25, 0.3) is 0 Å². The number of anilines is 1. The minimum Gasteiger partial charge on any atom is -0.476 e. The number of hydrogen-bond acceptors (Lipinski definition) is 7. The SMILES string of the molecule is Cc1ccc([N+](=O)[O-])c(NCc2nc(C(=O)O)cs2)n1. The number of carboxylic acid groups (broad SMARTS) is 1. The summed E-state index contributed by atoms with van der Waals surface area (Å²) < 4.78 is 0. The molecule has 0 saturated heterocycles. The van der Waals surface area contributed by atoms with E-state index in [0.29, 0.717) is 10.7 Å². The third-order valence-electron chi connectivity index (χ3n) is 2.39. The maximum atomic E-state index is 10.9. The molecule has 2 heterocycles. The van der Waals surface area contributed by atoms with Crippen molar-refractivity contribution in [2.24, 2.45) is 0 Å². The highest BCUT2D eigenvalue weighted by Gasteiger charge is 2.16. The van der Waals surface area contributed by atoms with Crippen LogP contribution in [0.15, 0.2) is 17.5 Å². The van der Waals surface area contributed by atoms with Crippen molar-refractivity contribution < 1.29 is 14.8 Å². The monoisotopic (exact) mass is 294 g/mol. The van der Waals surface area contributed by atoms with Crippen LogP contribution in [0.1, 0.15) is 21.2 Å². The molecule has 0 aliphatic heterocycles. The minimum atomic E-state index is -1.10. The van der Waals surface area contributed by atoms with E-state index in [1.54, 1.807) is 13.0 Å². The Kier molecular flexibility index (Phi) is 3.89. The average molecular weight is 294 g/mol. The van der Waals surface area contributed by atoms with E-state index in [0.717, 1.165) is 11.3 Å². The molecule has 0 radical (unpaired) electrons. The third kappa shape index (κ3) is 3.06. The van der Waals surface area contributed by atoms with Crippen molar-refractivity contribution in [3.8, 4) is 0 Å². The van der Waals surface area contributed by atoms with Crippen LogP contribution in [0.2, 0.25) is 0 Å². The first-order valence-electron chi connectivity index (χ1n) is 5.51. The fraction of sp³-hybridized carbons (Fsp3) is 0.182. The van der Waals surface area contributed by atoms with Gasteiger partial charge in [0.25, 0.3) is 0 Å². The summed E-state index contributed by atoms with van der Waals surface area (Å²) in [5.74, 6) is -0.964. The average Bonchev–Trinajstić information content (AvgIpc) is 2.85. The maximum Gasteiger partial charge on any atom is 0.355 e. The Hall–Kier alpha value is -2.55. The molecule has 0 aliphatic carbocycles. The minimum absolute atomic E-state index is 0.0431. The summed E-state index contributed by atoms with van der Waals surface area (Å²) in [6.07, 6.45) is 0. The van der Waals surface area contributed by atoms with E-state index < -0.39 is 10.9 Å². The summed E-state index contributed by atoms with van der Waals surface area (Å²) in [5, 5.41) is 24.4. The summed E-state index contributed by atoms with van der Waals surface area (Å²) in [6.45, 7) is 1.90. The third-order valence-corrected chi connectivity index (χ3v) is 3.24. The predicted octanol–water partition coefficient (Wildman–Crippen LogP) is 2.07. The first-order valence-corrected chi connectivity index (χ1v) is 6.39. The number of pyridine rings is 1. The Labute approximate surface area is 117 Å². The lowest BCUT2D eigenvalue weighted by Crippen LogP contribution is -2.06. The second kappa shape index (κ2) is 5.61. The van der Waals surface area contributed by atoms with E-state index in [-0.39, 0.29) is 23.7 Å². The van der Waals surface area contributed by atoms with E-state index in [9.17, 15) is 14.9 Å². The molecule has 8 nitrogen and oxygen atoms in total. The number of carbonyl (C=O) groups is 1. The summed E-state index contributed by atoms with van der Waals surface area (Å²) in [5.41, 5.74) is 0.465. The van der Waals surface area contributed by atoms with Crippen molar-refractivity contribution in [1.82, 2.24) is 9.97 Å². The van der Waals surface area contributed by atoms with Gasteiger partial charge in [0.05, 0.1) is 11.5 Å². The maximum absolute atomic E-state index is 10.9. The van der Waals surface area contributed by atoms with E-state index in [4.69, 9.17) is 5.11 Å². The zero-order valence-corrected chi connectivity index (χ0v) is 11.2. The predicted molar refractivity (Wildman–Crippen MR) is 72.0 cm³/mol. The van der Waals surface area contributed by atoms with E-state index in [1.807, 2.05) is 0 Å². The number of nitrogens with zero attached hydrogens (tertiary/aromatic N) is 3. The van der Waals surface area contributed by atoms with Crippen LogP contribution >= 0.6 is 11.3 Å². The zero-order chi connectivity index (χ0) is 14.7. The topological polar surface area (TPSA) is 118 Å². The molecule has 20 heavy (non-hydrogen) atoms. The number of carboxylic acids is 1. The molecular weight excluding hydrogens is 284 g/mol. The molecule has 2 aromatic rings. The highest BCUT2D eigenvalue weighted by Crippen LogP contribution is 2.23. The number of thiazole rings is 1. The molecule has 0 spiro atoms. The number of hydrogen-bond donors (Lipinski definition) is 2. The van der Waals surface area contributed by atoms with Crippen molar-refractivity contribution in [2.75, 3.05) is 5.32 Å². The van der Waals surface area contributed by atoms with Crippen molar-refractivity contribution in [2.45, 2.75) is 13.5 Å². The lowest BCUT2D eigenvalue weighted by atomic mass is 10.3. The van der Waals surface area contributed by atoms with Crippen molar-refractivity contribution in [1.29, 1.82) is 0 Å². The number of nitro groups is 1. The molecule has 0 saturated carbocycles. The molecule has 9 heteroatoms. The Morgan fingerprint density at radius 1 is 1.50 bits per heavy atom. The van der Waals surface area contributed by atoms with Gasteiger partial charge in [-0.25, -0.2) is 14.8 Å². The van der Waals surface area contributed by atoms with Gasteiger partial charge in [-0.3, -0.25) is 10.1 Å². The highest BCUT2D eigenvalue weighted by molar-refractivity contribution is 7.09. The number of aromatic nitrogens is 2. The summed E-state index contributed by atoms with van der Waals surface area (Å²) in [7, 11) is 0. The van der Waals surface area contributed by atoms with Crippen LogP contribution in [0.3, 0.4) is 0 Å². The van der Waals surface area contributed by atoms with Gasteiger partial charge in [0.15, 0.2) is 5.69 Å². The Morgan fingerprint density at radius 2 is 2.25 bits per heavy atom. The first kappa shape index (κ1) is 13.9. The summed E-state index contributed by atoms with van der Waals surface area (Å²) in [4.78, 5) is 29.0. The second-order valence-corrected chi connectivity index (χ2v) is 4.81. The molecular formula is C11H10N4O4S. The molecule has 0 amide bonds. The lowest BCUT2D eigenvalue weighted by molar-refractivity contribution is -0.384. The second-order valence-electron chi connectivity index (χ2n) is 3.86. The van der Waals surface area contributed by atoms with Crippen LogP contribution < -0.4 is 5.32 Å². The van der Waals surface area contributed by atoms with Crippen LogP contribution in [0.4, 0.5) is 11.5 Å². The normalized spacial score (nSPS) is 10.2. The van der Waals surface area contributed by atoms with Crippen molar-refractivity contribution in [3.05, 3.63) is 44.0 Å². The Balaban J connectivity index is 2.15. The zero-order valence-electron chi connectivity index (χ0n) is 10.4. The Morgan fingerprint density at radius 3 is 2.85 bits per heavy atom. The molecule has 0 aliphatic rings. The molecule has 0 aromatic carbocycles. The van der Waals surface area contributed by atoms with Gasteiger partial charge in [-0.05, 0) is 13.0 Å². The van der Waals surface area contributed by atoms with E-state index in [1.165, 1.54) is 11.4 Å². The van der Waals surface area contributed by atoms with Gasteiger partial charge >= 0.3 is 11.7 Å². The molecule has 0 bridgehead atoms. The van der Waals surface area contributed by atoms with Crippen LogP contribution in [-0.4, -0.2) is 26.0 Å². The van der Waals surface area contributed by atoms with E-state index in [2.05, 4.69) is 15.3 Å². The summed E-state index contributed by atoms with van der Waals surface area (Å²) in [6, 6.07) is 2.92. The molecule has 0 atom stereocenters. The smallest absolute Gasteiger partial charge is 0.355 e. The largest absolute Gasteiger partial charge is 0.476 e. The highest BCUT2D eigenvalue weighted by atomic mass is 32.1. The molecule has 2 N–H and O–H groups in total. The molecule has 104 valence electrons. The van der Waals surface area contributed by atoms with Crippen LogP contribution in [0, 0.1) is 17.0 Å². The van der Waals surface area contributed by atoms with Crippen LogP contribution in [0.5, 0.6) is 0 Å². The Bertz CT molecular complexity index is 670. The van der Waals surface area contributed by atoms with Crippen LogP contribution in [-0.2, 0) is 6.54 Å². The quantitative estimate of drug-likeness (QED) is 0.640. The van der Waals surface area contributed by atoms with Gasteiger partial charge in [-0.1, -0.05) is 0 Å². The molecule has 2 rings (SSSR count). The molecule has 0 fully saturated rings. The first-order chi connectivity index (χ1) is 9.47. The summed E-state index contributed by atoms with van der Waals surface area (Å²) >= 11 is 1.16. The fourth-order valence-corrected chi connectivity index (χ4v) is 2.18. The number of nitrogens with one attached hydrogen (secondary N) is 1. The number of rotatable bonds is 5. The van der Waals surface area contributed by atoms with Gasteiger partial charge in [-0.2, -0.15) is 0 Å². The van der Waals surface area contributed by atoms with Gasteiger partial charge in [0.1, 0.15) is 5.01 Å². The molecule has 2 aromatic heterocycles. The van der Waals surface area contributed by atoms with Gasteiger partial charge < -0.3 is 10.4 Å². The standard InChI is InChI=1S/C11H10N4O4S/c1-6-2-3-8(15(18)19)10(13-6)12-4-9-14-7(5-20-9)11(16)17/h2-3,5H,4H2,1H3,(H,12,13)(H,16,17). The fourth-order valence-electron chi connectivity index (χ4n) is 1.48. The van der Waals surface area contributed by atoms with Gasteiger partial charge in [0.2, 0.25) is 5.82 Å². The number of aryl methyl sites for hydroxylation is 1. The van der Waals surface area contributed by atoms with Crippen molar-refractivity contribution in [3.63, 3.8) is 0 Å². The van der Waals surface area contributed by atoms with Crippen molar-refractivity contribution >= 4 is 28.8 Å². The molecule has 0 unspecified atom stereocenters. The lowest BCUT2D eigenvalue weighted by Gasteiger charge is -2.05. The van der Waals surface area contributed by atoms with Gasteiger partial charge in [0, 0.05) is 17.1 Å². The number of aromatic carboxylic acids is 1. The van der Waals surface area contributed by atoms with Gasteiger partial charge in [-0.15, -0.1) is 11.3 Å². The van der Waals surface area contributed by atoms with E-state index >= 15 is 0 Å².